The van der Waals surface area contributed by atoms with E-state index < -0.39 is 0 Å². The lowest BCUT2D eigenvalue weighted by Gasteiger charge is -2.27. The van der Waals surface area contributed by atoms with Gasteiger partial charge in [-0.15, -0.1) is 0 Å². The van der Waals surface area contributed by atoms with Gasteiger partial charge in [-0.2, -0.15) is 0 Å². The molecule has 3 nitrogen and oxygen atoms in total. The minimum absolute atomic E-state index is 0.0326. The Morgan fingerprint density at radius 1 is 1.42 bits per heavy atom. The Labute approximate surface area is 120 Å². The SMILES string of the molecule is CC(c1cccc(Cl)c1)N(C)C(=O)COC(C)(C)C. The number of amides is 1. The Hall–Kier alpha value is -1.06. The van der Waals surface area contributed by atoms with Crippen LogP contribution in [0.1, 0.15) is 39.3 Å². The van der Waals surface area contributed by atoms with Crippen LogP contribution in [-0.2, 0) is 9.53 Å². The molecule has 0 heterocycles. The van der Waals surface area contributed by atoms with Crippen LogP contribution in [0, 0.1) is 0 Å². The van der Waals surface area contributed by atoms with Crippen LogP contribution >= 0.6 is 11.6 Å². The van der Waals surface area contributed by atoms with Crippen LogP contribution in [0.2, 0.25) is 5.02 Å². The van der Waals surface area contributed by atoms with Gasteiger partial charge in [0.05, 0.1) is 11.6 Å². The molecule has 0 aliphatic rings. The zero-order chi connectivity index (χ0) is 14.6. The standard InChI is InChI=1S/C15H22ClNO2/c1-11(12-7-6-8-13(16)9-12)17(5)14(18)10-19-15(2,3)4/h6-9,11H,10H2,1-5H3. The highest BCUT2D eigenvalue weighted by atomic mass is 35.5. The molecule has 0 spiro atoms. The molecular formula is C15H22ClNO2. The Kier molecular flexibility index (Phi) is 5.39. The summed E-state index contributed by atoms with van der Waals surface area (Å²) in [4.78, 5) is 13.7. The van der Waals surface area contributed by atoms with E-state index >= 15 is 0 Å². The molecule has 0 radical (unpaired) electrons. The van der Waals surface area contributed by atoms with E-state index in [4.69, 9.17) is 16.3 Å². The zero-order valence-corrected chi connectivity index (χ0v) is 13.0. The number of rotatable bonds is 4. The van der Waals surface area contributed by atoms with Gasteiger partial charge in [0, 0.05) is 12.1 Å². The van der Waals surface area contributed by atoms with Crippen LogP contribution in [0.4, 0.5) is 0 Å². The molecule has 1 rings (SSSR count). The number of nitrogens with zero attached hydrogens (tertiary/aromatic N) is 1. The van der Waals surface area contributed by atoms with E-state index in [-0.39, 0.29) is 24.2 Å². The molecule has 106 valence electrons. The van der Waals surface area contributed by atoms with E-state index in [0.29, 0.717) is 5.02 Å². The minimum atomic E-state index is -0.310. The summed E-state index contributed by atoms with van der Waals surface area (Å²) in [5.74, 6) is -0.0394. The summed E-state index contributed by atoms with van der Waals surface area (Å²) in [6.45, 7) is 7.85. The molecule has 0 N–H and O–H groups in total. The molecule has 1 aromatic rings. The molecule has 0 saturated carbocycles. The largest absolute Gasteiger partial charge is 0.366 e. The Morgan fingerprint density at radius 3 is 2.58 bits per heavy atom. The van der Waals surface area contributed by atoms with Crippen molar-refractivity contribution in [2.45, 2.75) is 39.3 Å². The van der Waals surface area contributed by atoms with Crippen LogP contribution < -0.4 is 0 Å². The maximum Gasteiger partial charge on any atom is 0.248 e. The predicted molar refractivity (Wildman–Crippen MR) is 78.3 cm³/mol. The Bertz CT molecular complexity index is 440. The third-order valence-electron chi connectivity index (χ3n) is 2.93. The average Bonchev–Trinajstić information content (AvgIpc) is 2.33. The number of carbonyl (C=O) groups excluding carboxylic acids is 1. The second-order valence-corrected chi connectivity index (χ2v) is 6.07. The molecular weight excluding hydrogens is 262 g/mol. The smallest absolute Gasteiger partial charge is 0.248 e. The number of likely N-dealkylation sites (N-methyl/N-ethyl adjacent to an activating group) is 1. The van der Waals surface area contributed by atoms with Crippen molar-refractivity contribution in [2.24, 2.45) is 0 Å². The summed E-state index contributed by atoms with van der Waals surface area (Å²) in [7, 11) is 1.78. The second-order valence-electron chi connectivity index (χ2n) is 5.64. The quantitative estimate of drug-likeness (QED) is 0.844. The predicted octanol–water partition coefficient (Wildman–Crippen LogP) is 3.67. The number of ether oxygens (including phenoxy) is 1. The van der Waals surface area contributed by atoms with Crippen LogP contribution in [0.3, 0.4) is 0 Å². The van der Waals surface area contributed by atoms with Crippen molar-refractivity contribution < 1.29 is 9.53 Å². The van der Waals surface area contributed by atoms with Crippen molar-refractivity contribution in [3.8, 4) is 0 Å². The highest BCUT2D eigenvalue weighted by Crippen LogP contribution is 2.22. The first kappa shape index (κ1) is 16.0. The average molecular weight is 284 g/mol. The van der Waals surface area contributed by atoms with Gasteiger partial charge in [-0.25, -0.2) is 0 Å². The van der Waals surface area contributed by atoms with E-state index in [0.717, 1.165) is 5.56 Å². The molecule has 0 saturated heterocycles. The lowest BCUT2D eigenvalue weighted by Crippen LogP contribution is -2.35. The van der Waals surface area contributed by atoms with Gasteiger partial charge in [0.2, 0.25) is 5.91 Å². The van der Waals surface area contributed by atoms with Gasteiger partial charge in [-0.1, -0.05) is 23.7 Å². The highest BCUT2D eigenvalue weighted by molar-refractivity contribution is 6.30. The Morgan fingerprint density at radius 2 is 2.05 bits per heavy atom. The molecule has 19 heavy (non-hydrogen) atoms. The Balaban J connectivity index is 2.66. The topological polar surface area (TPSA) is 29.5 Å². The van der Waals surface area contributed by atoms with Gasteiger partial charge in [-0.3, -0.25) is 4.79 Å². The first-order valence-corrected chi connectivity index (χ1v) is 6.73. The maximum atomic E-state index is 12.1. The number of carbonyl (C=O) groups is 1. The molecule has 0 aromatic heterocycles. The van der Waals surface area contributed by atoms with Crippen molar-refractivity contribution in [1.29, 1.82) is 0 Å². The van der Waals surface area contributed by atoms with Gasteiger partial charge >= 0.3 is 0 Å². The summed E-state index contributed by atoms with van der Waals surface area (Å²) in [6.07, 6.45) is 0. The van der Waals surface area contributed by atoms with Crippen molar-refractivity contribution in [2.75, 3.05) is 13.7 Å². The van der Waals surface area contributed by atoms with Crippen molar-refractivity contribution >= 4 is 17.5 Å². The molecule has 0 aliphatic carbocycles. The van der Waals surface area contributed by atoms with E-state index in [1.54, 1.807) is 11.9 Å². The third kappa shape index (κ3) is 5.21. The summed E-state index contributed by atoms with van der Waals surface area (Å²) in [6, 6.07) is 7.52. The number of benzene rings is 1. The van der Waals surface area contributed by atoms with Crippen LogP contribution in [0.15, 0.2) is 24.3 Å². The maximum absolute atomic E-state index is 12.1. The fourth-order valence-corrected chi connectivity index (χ4v) is 1.78. The summed E-state index contributed by atoms with van der Waals surface area (Å²) in [5, 5.41) is 0.677. The first-order chi connectivity index (χ1) is 8.70. The van der Waals surface area contributed by atoms with Crippen LogP contribution in [0.25, 0.3) is 0 Å². The zero-order valence-electron chi connectivity index (χ0n) is 12.2. The lowest BCUT2D eigenvalue weighted by atomic mass is 10.1. The molecule has 1 atom stereocenters. The van der Waals surface area contributed by atoms with Gasteiger partial charge in [0.15, 0.2) is 0 Å². The summed E-state index contributed by atoms with van der Waals surface area (Å²) >= 11 is 5.97. The van der Waals surface area contributed by atoms with E-state index in [9.17, 15) is 4.79 Å². The van der Waals surface area contributed by atoms with E-state index in [1.165, 1.54) is 0 Å². The molecule has 1 aromatic carbocycles. The molecule has 1 amide bonds. The number of hydrogen-bond acceptors (Lipinski definition) is 2. The van der Waals surface area contributed by atoms with Crippen molar-refractivity contribution in [1.82, 2.24) is 4.90 Å². The summed E-state index contributed by atoms with van der Waals surface area (Å²) in [5.41, 5.74) is 0.703. The molecule has 4 heteroatoms. The van der Waals surface area contributed by atoms with Gasteiger partial charge in [-0.05, 0) is 45.4 Å². The molecule has 0 fully saturated rings. The van der Waals surface area contributed by atoms with Crippen molar-refractivity contribution in [3.05, 3.63) is 34.9 Å². The lowest BCUT2D eigenvalue weighted by molar-refractivity contribution is -0.141. The fourth-order valence-electron chi connectivity index (χ4n) is 1.59. The van der Waals surface area contributed by atoms with Gasteiger partial charge in [0.1, 0.15) is 6.61 Å². The molecule has 1 unspecified atom stereocenters. The second kappa shape index (κ2) is 6.40. The summed E-state index contributed by atoms with van der Waals surface area (Å²) < 4.78 is 5.50. The normalized spacial score (nSPS) is 13.2. The highest BCUT2D eigenvalue weighted by Gasteiger charge is 2.20. The third-order valence-corrected chi connectivity index (χ3v) is 3.17. The molecule has 0 bridgehead atoms. The van der Waals surface area contributed by atoms with Gasteiger partial charge in [0.25, 0.3) is 0 Å². The first-order valence-electron chi connectivity index (χ1n) is 6.36. The monoisotopic (exact) mass is 283 g/mol. The van der Waals surface area contributed by atoms with Crippen molar-refractivity contribution in [3.63, 3.8) is 0 Å². The van der Waals surface area contributed by atoms with E-state index in [1.807, 2.05) is 52.0 Å². The number of hydrogen-bond donors (Lipinski definition) is 0. The molecule has 0 aliphatic heterocycles. The van der Waals surface area contributed by atoms with Crippen LogP contribution in [0.5, 0.6) is 0 Å². The van der Waals surface area contributed by atoms with Gasteiger partial charge < -0.3 is 9.64 Å². The van der Waals surface area contributed by atoms with E-state index in [2.05, 4.69) is 0 Å². The number of halogens is 1. The minimum Gasteiger partial charge on any atom is -0.366 e. The van der Waals surface area contributed by atoms with Crippen LogP contribution in [-0.4, -0.2) is 30.1 Å². The fraction of sp³-hybridized carbons (Fsp3) is 0.533.